The number of hydrogen-bond acceptors (Lipinski definition) is 3. The second kappa shape index (κ2) is 7.02. The molecule has 4 nitrogen and oxygen atoms in total. The van der Waals surface area contributed by atoms with Crippen molar-refractivity contribution in [2.45, 2.75) is 50.1 Å². The number of likely N-dealkylation sites (N-methyl/N-ethyl adjacent to an activating group) is 1. The van der Waals surface area contributed by atoms with Crippen molar-refractivity contribution in [3.8, 4) is 0 Å². The molecule has 1 aliphatic heterocycles. The van der Waals surface area contributed by atoms with Crippen LogP contribution >= 0.6 is 0 Å². The van der Waals surface area contributed by atoms with E-state index in [1.807, 2.05) is 11.9 Å². The molecular weight excluding hydrogens is 286 g/mol. The molecule has 1 atom stereocenters. The molecule has 0 spiro atoms. The summed E-state index contributed by atoms with van der Waals surface area (Å²) >= 11 is 0. The van der Waals surface area contributed by atoms with E-state index < -0.39 is 5.54 Å². The minimum Gasteiger partial charge on any atom is -0.340 e. The van der Waals surface area contributed by atoms with Crippen LogP contribution in [-0.2, 0) is 11.2 Å². The first-order valence-corrected chi connectivity index (χ1v) is 8.91. The molecule has 0 aromatic heterocycles. The number of nitrogens with two attached hydrogens (primary N) is 1. The summed E-state index contributed by atoms with van der Waals surface area (Å²) in [6, 6.07) is 11.0. The van der Waals surface area contributed by atoms with Gasteiger partial charge in [0.2, 0.25) is 5.91 Å². The molecule has 1 saturated carbocycles. The summed E-state index contributed by atoms with van der Waals surface area (Å²) in [5, 5.41) is 0. The molecule has 1 aromatic carbocycles. The van der Waals surface area contributed by atoms with Gasteiger partial charge in [-0.3, -0.25) is 4.79 Å². The van der Waals surface area contributed by atoms with Crippen molar-refractivity contribution in [2.24, 2.45) is 5.73 Å². The van der Waals surface area contributed by atoms with Crippen LogP contribution in [0.3, 0.4) is 0 Å². The third kappa shape index (κ3) is 4.12. The number of rotatable bonds is 6. The van der Waals surface area contributed by atoms with Crippen molar-refractivity contribution in [2.75, 3.05) is 26.7 Å². The van der Waals surface area contributed by atoms with Crippen LogP contribution in [0, 0.1) is 0 Å². The van der Waals surface area contributed by atoms with Crippen LogP contribution in [-0.4, -0.2) is 54.0 Å². The van der Waals surface area contributed by atoms with Crippen LogP contribution in [0.2, 0.25) is 0 Å². The molecule has 1 amide bonds. The molecule has 0 radical (unpaired) electrons. The Bertz CT molecular complexity index is 527. The molecule has 126 valence electrons. The predicted octanol–water partition coefficient (Wildman–Crippen LogP) is 2.03. The molecule has 1 aromatic rings. The molecule has 1 saturated heterocycles. The summed E-state index contributed by atoms with van der Waals surface area (Å²) < 4.78 is 0. The molecule has 2 N–H and O–H groups in total. The monoisotopic (exact) mass is 315 g/mol. The maximum atomic E-state index is 12.4. The normalized spacial score (nSPS) is 23.5. The van der Waals surface area contributed by atoms with E-state index in [9.17, 15) is 4.79 Å². The SMILES string of the molecule is CN(C(=O)C1(N)CC1)[C@@H]1CCCN(CCCc2ccccc2)C1. The van der Waals surface area contributed by atoms with Crippen LogP contribution in [0.15, 0.2) is 30.3 Å². The van der Waals surface area contributed by atoms with Gasteiger partial charge in [0.05, 0.1) is 5.54 Å². The summed E-state index contributed by atoms with van der Waals surface area (Å²) in [4.78, 5) is 16.9. The van der Waals surface area contributed by atoms with E-state index in [1.54, 1.807) is 0 Å². The van der Waals surface area contributed by atoms with E-state index in [2.05, 4.69) is 35.2 Å². The Kier molecular flexibility index (Phi) is 5.02. The minimum absolute atomic E-state index is 0.147. The summed E-state index contributed by atoms with van der Waals surface area (Å²) in [5.41, 5.74) is 6.94. The standard InChI is InChI=1S/C19H29N3O/c1-21(18(23)19(20)11-12-19)17-10-6-14-22(15-17)13-5-9-16-7-3-2-4-8-16/h2-4,7-8,17H,5-6,9-15,20H2,1H3/t17-/m1/s1. The van der Waals surface area contributed by atoms with Gasteiger partial charge in [0.25, 0.3) is 0 Å². The maximum absolute atomic E-state index is 12.4. The molecular formula is C19H29N3O. The number of carbonyl (C=O) groups excluding carboxylic acids is 1. The predicted molar refractivity (Wildman–Crippen MR) is 93.1 cm³/mol. The average molecular weight is 315 g/mol. The Morgan fingerprint density at radius 1 is 1.35 bits per heavy atom. The van der Waals surface area contributed by atoms with Crippen molar-refractivity contribution in [1.82, 2.24) is 9.80 Å². The van der Waals surface area contributed by atoms with Crippen LogP contribution in [0.5, 0.6) is 0 Å². The molecule has 0 bridgehead atoms. The highest BCUT2D eigenvalue weighted by Gasteiger charge is 2.48. The van der Waals surface area contributed by atoms with Gasteiger partial charge in [-0.2, -0.15) is 0 Å². The van der Waals surface area contributed by atoms with Crippen LogP contribution in [0.25, 0.3) is 0 Å². The lowest BCUT2D eigenvalue weighted by molar-refractivity contribution is -0.135. The summed E-state index contributed by atoms with van der Waals surface area (Å²) in [7, 11) is 1.94. The molecule has 2 fully saturated rings. The van der Waals surface area contributed by atoms with Gasteiger partial charge in [-0.1, -0.05) is 30.3 Å². The number of benzene rings is 1. The number of likely N-dealkylation sites (tertiary alicyclic amines) is 1. The van der Waals surface area contributed by atoms with Crippen molar-refractivity contribution >= 4 is 5.91 Å². The maximum Gasteiger partial charge on any atom is 0.242 e. The van der Waals surface area contributed by atoms with E-state index >= 15 is 0 Å². The van der Waals surface area contributed by atoms with E-state index in [-0.39, 0.29) is 5.91 Å². The zero-order valence-electron chi connectivity index (χ0n) is 14.2. The number of hydrogen-bond donors (Lipinski definition) is 1. The fraction of sp³-hybridized carbons (Fsp3) is 0.632. The van der Waals surface area contributed by atoms with Gasteiger partial charge in [0, 0.05) is 19.6 Å². The van der Waals surface area contributed by atoms with E-state index in [4.69, 9.17) is 5.73 Å². The number of aryl methyl sites for hydroxylation is 1. The Labute approximate surface area is 139 Å². The van der Waals surface area contributed by atoms with Crippen LogP contribution < -0.4 is 5.73 Å². The Hall–Kier alpha value is -1.39. The van der Waals surface area contributed by atoms with Crippen molar-refractivity contribution in [3.63, 3.8) is 0 Å². The third-order valence-electron chi connectivity index (χ3n) is 5.35. The largest absolute Gasteiger partial charge is 0.340 e. The quantitative estimate of drug-likeness (QED) is 0.874. The second-order valence-corrected chi connectivity index (χ2v) is 7.26. The number of nitrogens with zero attached hydrogens (tertiary/aromatic N) is 2. The second-order valence-electron chi connectivity index (χ2n) is 7.26. The van der Waals surface area contributed by atoms with Gasteiger partial charge in [-0.05, 0) is 57.2 Å². The fourth-order valence-electron chi connectivity index (χ4n) is 3.57. The van der Waals surface area contributed by atoms with Gasteiger partial charge in [-0.25, -0.2) is 0 Å². The van der Waals surface area contributed by atoms with Gasteiger partial charge in [-0.15, -0.1) is 0 Å². The first-order valence-electron chi connectivity index (χ1n) is 8.91. The van der Waals surface area contributed by atoms with Crippen molar-refractivity contribution < 1.29 is 4.79 Å². The van der Waals surface area contributed by atoms with Crippen LogP contribution in [0.1, 0.15) is 37.7 Å². The average Bonchev–Trinajstić information content (AvgIpc) is 3.34. The molecule has 0 unspecified atom stereocenters. The number of carbonyl (C=O) groups is 1. The Morgan fingerprint density at radius 3 is 2.78 bits per heavy atom. The minimum atomic E-state index is -0.537. The highest BCUT2D eigenvalue weighted by atomic mass is 16.2. The zero-order valence-corrected chi connectivity index (χ0v) is 14.2. The lowest BCUT2D eigenvalue weighted by atomic mass is 10.0. The highest BCUT2D eigenvalue weighted by molar-refractivity contribution is 5.89. The highest BCUT2D eigenvalue weighted by Crippen LogP contribution is 2.34. The molecule has 3 rings (SSSR count). The lowest BCUT2D eigenvalue weighted by Crippen LogP contribution is -2.53. The Balaban J connectivity index is 1.45. The lowest BCUT2D eigenvalue weighted by Gasteiger charge is -2.38. The molecule has 1 heterocycles. The smallest absolute Gasteiger partial charge is 0.242 e. The van der Waals surface area contributed by atoms with E-state index in [0.29, 0.717) is 6.04 Å². The molecule has 23 heavy (non-hydrogen) atoms. The van der Waals surface area contributed by atoms with E-state index in [1.165, 1.54) is 18.4 Å². The molecule has 4 heteroatoms. The van der Waals surface area contributed by atoms with Gasteiger partial charge >= 0.3 is 0 Å². The zero-order chi connectivity index (χ0) is 16.3. The first kappa shape index (κ1) is 16.5. The van der Waals surface area contributed by atoms with Gasteiger partial charge in [0.1, 0.15) is 0 Å². The third-order valence-corrected chi connectivity index (χ3v) is 5.35. The summed E-state index contributed by atoms with van der Waals surface area (Å²) in [5.74, 6) is 0.147. The fourth-order valence-corrected chi connectivity index (χ4v) is 3.57. The topological polar surface area (TPSA) is 49.6 Å². The van der Waals surface area contributed by atoms with Crippen LogP contribution in [0.4, 0.5) is 0 Å². The summed E-state index contributed by atoms with van der Waals surface area (Å²) in [6.07, 6.45) is 6.28. The van der Waals surface area contributed by atoms with Gasteiger partial charge < -0.3 is 15.5 Å². The van der Waals surface area contributed by atoms with Gasteiger partial charge in [0.15, 0.2) is 0 Å². The Morgan fingerprint density at radius 2 is 2.09 bits per heavy atom. The molecule has 1 aliphatic carbocycles. The van der Waals surface area contributed by atoms with E-state index in [0.717, 1.165) is 45.3 Å². The summed E-state index contributed by atoms with van der Waals surface area (Å²) in [6.45, 7) is 3.26. The number of amides is 1. The number of piperidine rings is 1. The first-order chi connectivity index (χ1) is 11.1. The van der Waals surface area contributed by atoms with Crippen molar-refractivity contribution in [1.29, 1.82) is 0 Å². The van der Waals surface area contributed by atoms with Crippen molar-refractivity contribution in [3.05, 3.63) is 35.9 Å². The molecule has 2 aliphatic rings.